The highest BCUT2D eigenvalue weighted by atomic mass is 14.7. The van der Waals surface area contributed by atoms with E-state index in [4.69, 9.17) is 0 Å². The summed E-state index contributed by atoms with van der Waals surface area (Å²) in [4.78, 5) is 4.02. The van der Waals surface area contributed by atoms with Crippen LogP contribution in [-0.4, -0.2) is 12.8 Å². The lowest BCUT2D eigenvalue weighted by Gasteiger charge is -1.82. The van der Waals surface area contributed by atoms with Gasteiger partial charge in [-0.05, 0) is 12.0 Å². The molecule has 0 fully saturated rings. The average Bonchev–Trinajstić information content (AvgIpc) is 2.14. The first-order valence-corrected chi connectivity index (χ1v) is 2.62. The predicted molar refractivity (Wildman–Crippen MR) is 31.7 cm³/mol. The summed E-state index contributed by atoms with van der Waals surface area (Å²) in [5.74, 6) is 0. The van der Waals surface area contributed by atoms with Gasteiger partial charge in [-0.3, -0.25) is 4.99 Å². The Morgan fingerprint density at radius 1 is 1.86 bits per heavy atom. The van der Waals surface area contributed by atoms with Gasteiger partial charge in [-0.15, -0.1) is 0 Å². The summed E-state index contributed by atoms with van der Waals surface area (Å²) >= 11 is 0. The van der Waals surface area contributed by atoms with E-state index >= 15 is 0 Å². The minimum atomic E-state index is 0.906. The van der Waals surface area contributed by atoms with Crippen LogP contribution in [0.4, 0.5) is 0 Å². The van der Waals surface area contributed by atoms with Crippen LogP contribution in [0.3, 0.4) is 0 Å². The van der Waals surface area contributed by atoms with E-state index in [1.54, 1.807) is 0 Å². The highest BCUT2D eigenvalue weighted by molar-refractivity contribution is 5.80. The molecule has 0 aromatic heterocycles. The SMILES string of the molecule is CCC1=CCN=C1. The van der Waals surface area contributed by atoms with Crippen molar-refractivity contribution in [3.63, 3.8) is 0 Å². The highest BCUT2D eigenvalue weighted by Crippen LogP contribution is 2.01. The molecule has 1 aliphatic heterocycles. The summed E-state index contributed by atoms with van der Waals surface area (Å²) < 4.78 is 0. The van der Waals surface area contributed by atoms with Gasteiger partial charge in [-0.2, -0.15) is 0 Å². The summed E-state index contributed by atoms with van der Waals surface area (Å²) in [6.07, 6.45) is 5.23. The zero-order valence-electron chi connectivity index (χ0n) is 4.52. The van der Waals surface area contributed by atoms with Crippen LogP contribution in [-0.2, 0) is 0 Å². The quantitative estimate of drug-likeness (QED) is 0.467. The third-order valence-electron chi connectivity index (χ3n) is 1.12. The molecule has 1 nitrogen and oxygen atoms in total. The van der Waals surface area contributed by atoms with Crippen molar-refractivity contribution in [2.45, 2.75) is 13.3 Å². The maximum absolute atomic E-state index is 4.02. The van der Waals surface area contributed by atoms with Crippen molar-refractivity contribution in [2.24, 2.45) is 4.99 Å². The van der Waals surface area contributed by atoms with Crippen molar-refractivity contribution < 1.29 is 0 Å². The first kappa shape index (κ1) is 4.57. The van der Waals surface area contributed by atoms with Gasteiger partial charge >= 0.3 is 0 Å². The lowest BCUT2D eigenvalue weighted by atomic mass is 10.2. The van der Waals surface area contributed by atoms with Gasteiger partial charge in [0, 0.05) is 6.21 Å². The van der Waals surface area contributed by atoms with Gasteiger partial charge in [0.05, 0.1) is 6.54 Å². The Morgan fingerprint density at radius 3 is 3.00 bits per heavy atom. The summed E-state index contributed by atoms with van der Waals surface area (Å²) in [6, 6.07) is 0. The van der Waals surface area contributed by atoms with Crippen LogP contribution < -0.4 is 0 Å². The van der Waals surface area contributed by atoms with Crippen molar-refractivity contribution >= 4 is 6.21 Å². The molecule has 0 amide bonds. The summed E-state index contributed by atoms with van der Waals surface area (Å²) in [5.41, 5.74) is 1.38. The minimum absolute atomic E-state index is 0.906. The monoisotopic (exact) mass is 95.1 g/mol. The fourth-order valence-electron chi connectivity index (χ4n) is 0.628. The molecule has 0 aromatic carbocycles. The Balaban J connectivity index is 2.52. The standard InChI is InChI=1S/C6H9N/c1-2-6-3-4-7-5-6/h3,5H,2,4H2,1H3. The van der Waals surface area contributed by atoms with Gasteiger partial charge in [0.1, 0.15) is 0 Å². The van der Waals surface area contributed by atoms with E-state index < -0.39 is 0 Å². The van der Waals surface area contributed by atoms with E-state index in [0.29, 0.717) is 0 Å². The van der Waals surface area contributed by atoms with Gasteiger partial charge in [-0.25, -0.2) is 0 Å². The highest BCUT2D eigenvalue weighted by Gasteiger charge is 1.91. The minimum Gasteiger partial charge on any atom is -0.289 e. The molecule has 0 saturated heterocycles. The summed E-state index contributed by atoms with van der Waals surface area (Å²) in [7, 11) is 0. The van der Waals surface area contributed by atoms with Crippen molar-refractivity contribution in [3.8, 4) is 0 Å². The second-order valence-electron chi connectivity index (χ2n) is 1.63. The van der Waals surface area contributed by atoms with Crippen LogP contribution in [0.15, 0.2) is 16.6 Å². The van der Waals surface area contributed by atoms with Gasteiger partial charge < -0.3 is 0 Å². The smallest absolute Gasteiger partial charge is 0.0576 e. The Bertz CT molecular complexity index is 111. The molecular weight excluding hydrogens is 86.1 g/mol. The lowest BCUT2D eigenvalue weighted by molar-refractivity contribution is 1.18. The van der Waals surface area contributed by atoms with E-state index in [0.717, 1.165) is 13.0 Å². The van der Waals surface area contributed by atoms with Gasteiger partial charge in [-0.1, -0.05) is 13.0 Å². The first-order valence-electron chi connectivity index (χ1n) is 2.62. The van der Waals surface area contributed by atoms with Crippen molar-refractivity contribution in [1.29, 1.82) is 0 Å². The van der Waals surface area contributed by atoms with Crippen molar-refractivity contribution in [2.75, 3.05) is 6.54 Å². The van der Waals surface area contributed by atoms with Crippen LogP contribution in [0.2, 0.25) is 0 Å². The van der Waals surface area contributed by atoms with Gasteiger partial charge in [0.25, 0.3) is 0 Å². The third kappa shape index (κ3) is 0.889. The topological polar surface area (TPSA) is 12.4 Å². The molecule has 1 rings (SSSR count). The second-order valence-corrected chi connectivity index (χ2v) is 1.63. The second kappa shape index (κ2) is 1.92. The molecule has 1 heterocycles. The van der Waals surface area contributed by atoms with Gasteiger partial charge in [0.15, 0.2) is 0 Å². The summed E-state index contributed by atoms with van der Waals surface area (Å²) in [6.45, 7) is 3.05. The molecule has 0 spiro atoms. The fraction of sp³-hybridized carbons (Fsp3) is 0.500. The molecule has 0 N–H and O–H groups in total. The lowest BCUT2D eigenvalue weighted by Crippen LogP contribution is -1.72. The number of aliphatic imine (C=N–C) groups is 1. The van der Waals surface area contributed by atoms with E-state index in [2.05, 4.69) is 18.0 Å². The molecule has 7 heavy (non-hydrogen) atoms. The number of hydrogen-bond acceptors (Lipinski definition) is 1. The Morgan fingerprint density at radius 2 is 2.71 bits per heavy atom. The maximum Gasteiger partial charge on any atom is 0.0576 e. The Labute approximate surface area is 43.8 Å². The van der Waals surface area contributed by atoms with E-state index in [9.17, 15) is 0 Å². The van der Waals surface area contributed by atoms with Crippen LogP contribution in [0.1, 0.15) is 13.3 Å². The molecule has 0 bridgehead atoms. The average molecular weight is 95.1 g/mol. The number of allylic oxidation sites excluding steroid dienone is 1. The number of rotatable bonds is 1. The van der Waals surface area contributed by atoms with Crippen LogP contribution in [0, 0.1) is 0 Å². The molecule has 0 saturated carbocycles. The van der Waals surface area contributed by atoms with Crippen LogP contribution in [0.5, 0.6) is 0 Å². The van der Waals surface area contributed by atoms with Gasteiger partial charge in [0.2, 0.25) is 0 Å². The Kier molecular flexibility index (Phi) is 1.25. The molecule has 38 valence electrons. The molecule has 0 atom stereocenters. The number of hydrogen-bond donors (Lipinski definition) is 0. The van der Waals surface area contributed by atoms with Crippen molar-refractivity contribution in [1.82, 2.24) is 0 Å². The molecule has 0 radical (unpaired) electrons. The Hall–Kier alpha value is -0.590. The zero-order chi connectivity index (χ0) is 5.11. The fourth-order valence-corrected chi connectivity index (χ4v) is 0.628. The first-order chi connectivity index (χ1) is 3.43. The predicted octanol–water partition coefficient (Wildman–Crippen LogP) is 1.41. The zero-order valence-corrected chi connectivity index (χ0v) is 4.52. The van der Waals surface area contributed by atoms with Crippen LogP contribution in [0.25, 0.3) is 0 Å². The van der Waals surface area contributed by atoms with E-state index in [1.807, 2.05) is 6.21 Å². The van der Waals surface area contributed by atoms with E-state index in [1.165, 1.54) is 5.57 Å². The van der Waals surface area contributed by atoms with Crippen LogP contribution >= 0.6 is 0 Å². The maximum atomic E-state index is 4.02. The van der Waals surface area contributed by atoms with Crippen molar-refractivity contribution in [3.05, 3.63) is 11.6 Å². The summed E-state index contributed by atoms with van der Waals surface area (Å²) in [5, 5.41) is 0. The normalized spacial score (nSPS) is 17.6. The number of nitrogens with zero attached hydrogens (tertiary/aromatic N) is 1. The van der Waals surface area contributed by atoms with E-state index in [-0.39, 0.29) is 0 Å². The molecule has 1 heteroatoms. The molecule has 0 aliphatic carbocycles. The molecule has 1 aliphatic rings. The largest absolute Gasteiger partial charge is 0.289 e. The molecule has 0 aromatic rings. The molecular formula is C6H9N. The molecule has 0 unspecified atom stereocenters. The third-order valence-corrected chi connectivity index (χ3v) is 1.12.